The van der Waals surface area contributed by atoms with Gasteiger partial charge in [-0.15, -0.1) is 0 Å². The SMILES string of the molecule is Oc1cc2c(cc1O)C1Cc3cc(O)c(O)cc3[C@H]3Cc4cc(O)c(O)cc4[N+]13C2. The van der Waals surface area contributed by atoms with Crippen LogP contribution < -0.4 is 4.48 Å². The number of rotatable bonds is 0. The lowest BCUT2D eigenvalue weighted by molar-refractivity contribution is 0.150. The number of hydrogen-bond donors (Lipinski definition) is 6. The Balaban J connectivity index is 1.66. The maximum Gasteiger partial charge on any atom is 0.163 e. The maximum atomic E-state index is 10.3. The summed E-state index contributed by atoms with van der Waals surface area (Å²) in [6, 6.07) is 9.35. The van der Waals surface area contributed by atoms with Gasteiger partial charge in [-0.05, 0) is 35.9 Å². The van der Waals surface area contributed by atoms with Gasteiger partial charge < -0.3 is 30.6 Å². The summed E-state index contributed by atoms with van der Waals surface area (Å²) in [6.45, 7) is 0.538. The molecule has 3 aromatic rings. The van der Waals surface area contributed by atoms with Crippen LogP contribution in [0.25, 0.3) is 0 Å². The Kier molecular flexibility index (Phi) is 3.06. The molecule has 0 fully saturated rings. The van der Waals surface area contributed by atoms with E-state index < -0.39 is 0 Å². The van der Waals surface area contributed by atoms with Gasteiger partial charge in [0.05, 0.1) is 0 Å². The van der Waals surface area contributed by atoms with Crippen LogP contribution in [0.15, 0.2) is 36.4 Å². The molecule has 0 saturated carbocycles. The van der Waals surface area contributed by atoms with Crippen molar-refractivity contribution in [3.63, 3.8) is 0 Å². The highest BCUT2D eigenvalue weighted by Crippen LogP contribution is 2.63. The number of phenolic OH excluding ortho intramolecular Hbond substituents is 6. The van der Waals surface area contributed by atoms with Crippen LogP contribution in [-0.4, -0.2) is 30.6 Å². The highest BCUT2D eigenvalue weighted by molar-refractivity contribution is 5.69. The molecule has 3 aromatic carbocycles. The average molecular weight is 406 g/mol. The van der Waals surface area contributed by atoms with E-state index in [0.29, 0.717) is 23.9 Å². The molecule has 0 aromatic heterocycles. The minimum Gasteiger partial charge on any atom is -0.504 e. The molecular weight excluding hydrogens is 386 g/mol. The van der Waals surface area contributed by atoms with Crippen LogP contribution in [0.1, 0.15) is 39.9 Å². The highest BCUT2D eigenvalue weighted by Gasteiger charge is 2.60. The van der Waals surface area contributed by atoms with Crippen molar-refractivity contribution in [2.24, 2.45) is 0 Å². The maximum absolute atomic E-state index is 10.3. The third kappa shape index (κ3) is 1.92. The third-order valence-electron chi connectivity index (χ3n) is 7.19. The number of nitrogens with zero attached hydrogens (tertiary/aromatic N) is 1. The summed E-state index contributed by atoms with van der Waals surface area (Å²) in [5, 5.41) is 60.8. The monoisotopic (exact) mass is 406 g/mol. The molecule has 3 aliphatic heterocycles. The fraction of sp³-hybridized carbons (Fsp3) is 0.217. The summed E-state index contributed by atoms with van der Waals surface area (Å²) in [6.07, 6.45) is 1.14. The van der Waals surface area contributed by atoms with Crippen molar-refractivity contribution in [2.75, 3.05) is 0 Å². The number of benzene rings is 3. The molecule has 0 saturated heterocycles. The lowest BCUT2D eigenvalue weighted by Gasteiger charge is -2.46. The molecule has 6 N–H and O–H groups in total. The van der Waals surface area contributed by atoms with E-state index in [4.69, 9.17) is 0 Å². The predicted octanol–water partition coefficient (Wildman–Crippen LogP) is 3.34. The number of fused-ring (bicyclic) bond motifs is 5. The molecule has 7 nitrogen and oxygen atoms in total. The van der Waals surface area contributed by atoms with Crippen LogP contribution in [0.5, 0.6) is 34.5 Å². The summed E-state index contributed by atoms with van der Waals surface area (Å²) in [7, 11) is 0. The van der Waals surface area contributed by atoms with Gasteiger partial charge in [-0.2, -0.15) is 0 Å². The van der Waals surface area contributed by atoms with E-state index in [1.54, 1.807) is 36.4 Å². The fourth-order valence-electron chi connectivity index (χ4n) is 5.97. The van der Waals surface area contributed by atoms with Crippen LogP contribution in [-0.2, 0) is 19.4 Å². The van der Waals surface area contributed by atoms with Gasteiger partial charge in [-0.1, -0.05) is 0 Å². The number of phenols is 6. The molecule has 0 radical (unpaired) electrons. The van der Waals surface area contributed by atoms with Gasteiger partial charge >= 0.3 is 0 Å². The molecular formula is C23H20NO6+. The van der Waals surface area contributed by atoms with Gasteiger partial charge in [0.2, 0.25) is 0 Å². The summed E-state index contributed by atoms with van der Waals surface area (Å²) >= 11 is 0. The smallest absolute Gasteiger partial charge is 0.163 e. The predicted molar refractivity (Wildman–Crippen MR) is 108 cm³/mol. The molecule has 7 heteroatoms. The van der Waals surface area contributed by atoms with E-state index in [1.165, 1.54) is 0 Å². The van der Waals surface area contributed by atoms with E-state index in [1.807, 2.05) is 0 Å². The van der Waals surface area contributed by atoms with E-state index >= 15 is 0 Å². The number of hydrogen-bond acceptors (Lipinski definition) is 6. The van der Waals surface area contributed by atoms with E-state index in [9.17, 15) is 30.6 Å². The molecule has 30 heavy (non-hydrogen) atoms. The number of aromatic hydroxyl groups is 6. The lowest BCUT2D eigenvalue weighted by Crippen LogP contribution is -2.51. The van der Waals surface area contributed by atoms with Crippen molar-refractivity contribution < 1.29 is 30.6 Å². The molecule has 3 aliphatic rings. The summed E-state index contributed by atoms with van der Waals surface area (Å²) in [4.78, 5) is 0. The van der Waals surface area contributed by atoms with Gasteiger partial charge in [-0.25, -0.2) is 0 Å². The first kappa shape index (κ1) is 17.3. The topological polar surface area (TPSA) is 121 Å². The zero-order chi connectivity index (χ0) is 20.9. The number of quaternary nitrogens is 1. The van der Waals surface area contributed by atoms with Crippen molar-refractivity contribution in [3.05, 3.63) is 64.2 Å². The van der Waals surface area contributed by atoms with Crippen molar-refractivity contribution in [1.82, 2.24) is 4.48 Å². The highest BCUT2D eigenvalue weighted by atomic mass is 16.3. The van der Waals surface area contributed by atoms with Crippen molar-refractivity contribution >= 4 is 5.69 Å². The Morgan fingerprint density at radius 2 is 0.967 bits per heavy atom. The lowest BCUT2D eigenvalue weighted by atomic mass is 9.84. The molecule has 0 aliphatic carbocycles. The molecule has 2 unspecified atom stereocenters. The Morgan fingerprint density at radius 1 is 0.533 bits per heavy atom. The first-order valence-corrected chi connectivity index (χ1v) is 9.82. The second kappa shape index (κ2) is 5.31. The van der Waals surface area contributed by atoms with Crippen LogP contribution in [0.3, 0.4) is 0 Å². The Labute approximate surface area is 171 Å². The zero-order valence-electron chi connectivity index (χ0n) is 15.9. The Hall–Kier alpha value is -3.58. The average Bonchev–Trinajstić information content (AvgIpc) is 3.16. The first-order valence-electron chi connectivity index (χ1n) is 9.82. The molecule has 6 rings (SSSR count). The zero-order valence-corrected chi connectivity index (χ0v) is 15.9. The minimum absolute atomic E-state index is 0.113. The molecule has 1 spiro atoms. The molecule has 0 bridgehead atoms. The second-order valence-corrected chi connectivity index (χ2v) is 8.58. The van der Waals surface area contributed by atoms with Gasteiger partial charge in [0.15, 0.2) is 34.5 Å². The van der Waals surface area contributed by atoms with Gasteiger partial charge in [0.25, 0.3) is 0 Å². The van der Waals surface area contributed by atoms with E-state index in [2.05, 4.69) is 0 Å². The van der Waals surface area contributed by atoms with Crippen molar-refractivity contribution in [1.29, 1.82) is 0 Å². The minimum atomic E-state index is -0.193. The summed E-state index contributed by atoms with van der Waals surface area (Å²) < 4.78 is 0.443. The van der Waals surface area contributed by atoms with E-state index in [0.717, 1.165) is 33.5 Å². The summed E-state index contributed by atoms with van der Waals surface area (Å²) in [5.41, 5.74) is 5.43. The molecule has 3 heterocycles. The van der Waals surface area contributed by atoms with Crippen LogP contribution in [0, 0.1) is 0 Å². The summed E-state index contributed by atoms with van der Waals surface area (Å²) in [5.74, 6) is -1.09. The van der Waals surface area contributed by atoms with Crippen LogP contribution >= 0.6 is 0 Å². The molecule has 3 atom stereocenters. The van der Waals surface area contributed by atoms with Gasteiger partial charge in [-0.3, -0.25) is 4.48 Å². The normalized spacial score (nSPS) is 25.2. The van der Waals surface area contributed by atoms with Gasteiger partial charge in [0.1, 0.15) is 24.3 Å². The third-order valence-corrected chi connectivity index (χ3v) is 7.19. The molecule has 152 valence electrons. The largest absolute Gasteiger partial charge is 0.504 e. The Bertz CT molecular complexity index is 1260. The quantitative estimate of drug-likeness (QED) is 0.252. The second-order valence-electron chi connectivity index (χ2n) is 8.58. The molecule has 0 amide bonds. The standard InChI is InChI=1S/C23H19NO6/c25-18-3-10-1-16-14-7-22(29)20(27)5-12(14)9-24(16)15-8-23(30)19(26)4-11(15)2-17(24)13(10)6-21(18)28/h3-8,16-17H,1-2,9H2,(H5-,25,26,27,28,29,30)/p+1/t16?,17-,24?/m1/s1. The first-order chi connectivity index (χ1) is 14.3. The van der Waals surface area contributed by atoms with Crippen molar-refractivity contribution in [2.45, 2.75) is 31.5 Å². The van der Waals surface area contributed by atoms with Crippen LogP contribution in [0.2, 0.25) is 0 Å². The van der Waals surface area contributed by atoms with Crippen molar-refractivity contribution in [3.8, 4) is 34.5 Å². The van der Waals surface area contributed by atoms with E-state index in [-0.39, 0.29) is 46.6 Å². The van der Waals surface area contributed by atoms with Gasteiger partial charge in [0, 0.05) is 41.2 Å². The van der Waals surface area contributed by atoms with Crippen LogP contribution in [0.4, 0.5) is 5.69 Å². The Morgan fingerprint density at radius 3 is 1.60 bits per heavy atom. The fourth-order valence-corrected chi connectivity index (χ4v) is 5.97.